The molecule has 8 nitrogen and oxygen atoms in total. The Kier molecular flexibility index (Phi) is 8.60. The molecule has 1 saturated heterocycles. The number of hydrogen-bond donors (Lipinski definition) is 2. The van der Waals surface area contributed by atoms with Crippen molar-refractivity contribution in [2.24, 2.45) is 0 Å². The van der Waals surface area contributed by atoms with Gasteiger partial charge in [0.15, 0.2) is 5.13 Å². The van der Waals surface area contributed by atoms with Gasteiger partial charge in [-0.1, -0.05) is 13.0 Å². The summed E-state index contributed by atoms with van der Waals surface area (Å²) in [6, 6.07) is 5.37. The maximum atomic E-state index is 12.9. The van der Waals surface area contributed by atoms with E-state index in [9.17, 15) is 9.59 Å². The van der Waals surface area contributed by atoms with Crippen LogP contribution in [0.5, 0.6) is 0 Å². The van der Waals surface area contributed by atoms with Gasteiger partial charge in [0.25, 0.3) is 11.8 Å². The Balaban J connectivity index is 1.75. The summed E-state index contributed by atoms with van der Waals surface area (Å²) in [6.45, 7) is 8.50. The first-order valence-electron chi connectivity index (χ1n) is 11.0. The number of anilines is 2. The minimum Gasteiger partial charge on any atom is -0.380 e. The Morgan fingerprint density at radius 2 is 2.12 bits per heavy atom. The van der Waals surface area contributed by atoms with Crippen molar-refractivity contribution < 1.29 is 19.1 Å². The van der Waals surface area contributed by atoms with Crippen molar-refractivity contribution in [3.8, 4) is 0 Å². The fourth-order valence-corrected chi connectivity index (χ4v) is 4.21. The van der Waals surface area contributed by atoms with Crippen LogP contribution in [0.4, 0.5) is 10.8 Å². The molecule has 0 unspecified atom stereocenters. The maximum Gasteiger partial charge on any atom is 0.275 e. The van der Waals surface area contributed by atoms with Gasteiger partial charge in [0.1, 0.15) is 5.69 Å². The number of aromatic nitrogens is 1. The minimum absolute atomic E-state index is 0.0837. The zero-order valence-electron chi connectivity index (χ0n) is 19.1. The van der Waals surface area contributed by atoms with E-state index in [0.717, 1.165) is 36.6 Å². The lowest BCUT2D eigenvalue weighted by Gasteiger charge is -2.14. The number of rotatable bonds is 10. The summed E-state index contributed by atoms with van der Waals surface area (Å²) in [5.74, 6) is -0.569. The smallest absolute Gasteiger partial charge is 0.275 e. The average Bonchev–Trinajstić information content (AvgIpc) is 3.46. The summed E-state index contributed by atoms with van der Waals surface area (Å²) in [5, 5.41) is 8.29. The number of nitrogens with zero attached hydrogens (tertiary/aromatic N) is 2. The molecule has 1 atom stereocenters. The Morgan fingerprint density at radius 3 is 2.81 bits per heavy atom. The van der Waals surface area contributed by atoms with Crippen molar-refractivity contribution in [2.75, 3.05) is 37.0 Å². The monoisotopic (exact) mass is 460 g/mol. The standard InChI is InChI=1S/C23H32N4O4S/c1-5-9-24-21(28)18-11-16(13-31-15(2)3)6-7-19(18)25-22(29)20-14-32-23(26-20)27-10-8-17(12-27)30-4/h6-7,11,14-15,17H,5,8-10,12-13H2,1-4H3,(H,24,28)(H,25,29)/t17-/m0/s1. The molecule has 1 aliphatic heterocycles. The van der Waals surface area contributed by atoms with Crippen LogP contribution in [0.1, 0.15) is 60.0 Å². The highest BCUT2D eigenvalue weighted by Gasteiger charge is 2.25. The molecule has 9 heteroatoms. The zero-order valence-corrected chi connectivity index (χ0v) is 20.0. The van der Waals surface area contributed by atoms with Gasteiger partial charge in [-0.15, -0.1) is 11.3 Å². The molecule has 1 aromatic heterocycles. The fourth-order valence-electron chi connectivity index (χ4n) is 3.37. The molecule has 2 heterocycles. The van der Waals surface area contributed by atoms with E-state index in [4.69, 9.17) is 9.47 Å². The van der Waals surface area contributed by atoms with Gasteiger partial charge < -0.3 is 25.0 Å². The van der Waals surface area contributed by atoms with Gasteiger partial charge in [-0.2, -0.15) is 0 Å². The van der Waals surface area contributed by atoms with Crippen LogP contribution in [0.15, 0.2) is 23.6 Å². The molecular formula is C23H32N4O4S. The Hall–Kier alpha value is -2.49. The highest BCUT2D eigenvalue weighted by atomic mass is 32.1. The molecule has 1 aromatic carbocycles. The topological polar surface area (TPSA) is 92.8 Å². The lowest BCUT2D eigenvalue weighted by molar-refractivity contribution is 0.0657. The molecule has 2 amide bonds. The van der Waals surface area contributed by atoms with Crippen molar-refractivity contribution in [1.82, 2.24) is 10.3 Å². The summed E-state index contributed by atoms with van der Waals surface area (Å²) in [5.41, 5.74) is 2.07. The summed E-state index contributed by atoms with van der Waals surface area (Å²) in [4.78, 5) is 32.3. The largest absolute Gasteiger partial charge is 0.380 e. The SMILES string of the molecule is CCCNC(=O)c1cc(COC(C)C)ccc1NC(=O)c1csc(N2CC[C@H](OC)C2)n1. The number of nitrogens with one attached hydrogen (secondary N) is 2. The summed E-state index contributed by atoms with van der Waals surface area (Å²) < 4.78 is 11.1. The molecule has 1 fully saturated rings. The summed E-state index contributed by atoms with van der Waals surface area (Å²) in [6.07, 6.45) is 2.05. The molecule has 2 aromatic rings. The molecule has 0 bridgehead atoms. The first kappa shape index (κ1) is 24.2. The molecule has 0 aliphatic carbocycles. The van der Waals surface area contributed by atoms with Gasteiger partial charge >= 0.3 is 0 Å². The predicted molar refractivity (Wildman–Crippen MR) is 127 cm³/mol. The summed E-state index contributed by atoms with van der Waals surface area (Å²) in [7, 11) is 1.71. The molecule has 2 N–H and O–H groups in total. The number of thiazole rings is 1. The van der Waals surface area contributed by atoms with E-state index in [2.05, 4.69) is 20.5 Å². The van der Waals surface area contributed by atoms with E-state index in [1.54, 1.807) is 24.6 Å². The normalized spacial score (nSPS) is 15.9. The van der Waals surface area contributed by atoms with E-state index in [0.29, 0.717) is 30.1 Å². The average molecular weight is 461 g/mol. The van der Waals surface area contributed by atoms with Crippen LogP contribution in [0, 0.1) is 0 Å². The zero-order chi connectivity index (χ0) is 23.1. The molecule has 3 rings (SSSR count). The maximum absolute atomic E-state index is 12.9. The van der Waals surface area contributed by atoms with Crippen molar-refractivity contribution >= 4 is 34.0 Å². The fraction of sp³-hybridized carbons (Fsp3) is 0.522. The number of benzene rings is 1. The first-order valence-corrected chi connectivity index (χ1v) is 11.9. The van der Waals surface area contributed by atoms with E-state index in [1.165, 1.54) is 11.3 Å². The van der Waals surface area contributed by atoms with E-state index >= 15 is 0 Å². The van der Waals surface area contributed by atoms with Crippen LogP contribution in [0.3, 0.4) is 0 Å². The number of methoxy groups -OCH3 is 1. The number of hydrogen-bond acceptors (Lipinski definition) is 7. The molecule has 1 aliphatic rings. The lowest BCUT2D eigenvalue weighted by Crippen LogP contribution is -2.26. The Bertz CT molecular complexity index is 930. The van der Waals surface area contributed by atoms with Crippen molar-refractivity contribution in [3.05, 3.63) is 40.4 Å². The van der Waals surface area contributed by atoms with Gasteiger partial charge in [0.05, 0.1) is 30.1 Å². The van der Waals surface area contributed by atoms with Crippen LogP contribution < -0.4 is 15.5 Å². The molecule has 0 radical (unpaired) electrons. The van der Waals surface area contributed by atoms with Gasteiger partial charge in [-0.25, -0.2) is 4.98 Å². The van der Waals surface area contributed by atoms with E-state index in [-0.39, 0.29) is 24.0 Å². The number of carbonyl (C=O) groups excluding carboxylic acids is 2. The van der Waals surface area contributed by atoms with E-state index < -0.39 is 0 Å². The van der Waals surface area contributed by atoms with Crippen LogP contribution in [-0.2, 0) is 16.1 Å². The number of carbonyl (C=O) groups is 2. The van der Waals surface area contributed by atoms with Crippen molar-refractivity contribution in [2.45, 2.75) is 52.4 Å². The van der Waals surface area contributed by atoms with Crippen molar-refractivity contribution in [3.63, 3.8) is 0 Å². The first-order chi connectivity index (χ1) is 15.4. The second kappa shape index (κ2) is 11.4. The predicted octanol–water partition coefficient (Wildman–Crippen LogP) is 3.69. The molecule has 32 heavy (non-hydrogen) atoms. The second-order valence-corrected chi connectivity index (χ2v) is 8.89. The highest BCUT2D eigenvalue weighted by Crippen LogP contribution is 2.26. The van der Waals surface area contributed by atoms with Gasteiger partial charge in [-0.3, -0.25) is 9.59 Å². The van der Waals surface area contributed by atoms with Crippen LogP contribution >= 0.6 is 11.3 Å². The van der Waals surface area contributed by atoms with Gasteiger partial charge in [0.2, 0.25) is 0 Å². The van der Waals surface area contributed by atoms with Crippen molar-refractivity contribution in [1.29, 1.82) is 0 Å². The molecule has 174 valence electrons. The highest BCUT2D eigenvalue weighted by molar-refractivity contribution is 7.14. The molecule has 0 spiro atoms. The minimum atomic E-state index is -0.342. The van der Waals surface area contributed by atoms with Crippen LogP contribution in [0.25, 0.3) is 0 Å². The number of ether oxygens (including phenoxy) is 2. The second-order valence-electron chi connectivity index (χ2n) is 8.06. The Labute approximate surface area is 193 Å². The van der Waals surface area contributed by atoms with E-state index in [1.807, 2.05) is 26.8 Å². The summed E-state index contributed by atoms with van der Waals surface area (Å²) >= 11 is 1.43. The molecule has 0 saturated carbocycles. The third kappa shape index (κ3) is 6.27. The van der Waals surface area contributed by atoms with Crippen LogP contribution in [0.2, 0.25) is 0 Å². The third-order valence-corrected chi connectivity index (χ3v) is 6.07. The lowest BCUT2D eigenvalue weighted by atomic mass is 10.1. The number of amides is 2. The molecular weight excluding hydrogens is 428 g/mol. The van der Waals surface area contributed by atoms with Crippen LogP contribution in [-0.4, -0.2) is 55.8 Å². The van der Waals surface area contributed by atoms with Gasteiger partial charge in [-0.05, 0) is 44.4 Å². The van der Waals surface area contributed by atoms with Gasteiger partial charge in [0, 0.05) is 32.1 Å². The Morgan fingerprint density at radius 1 is 1.31 bits per heavy atom. The third-order valence-electron chi connectivity index (χ3n) is 5.17. The quantitative estimate of drug-likeness (QED) is 0.562.